The number of aliphatic hydroxyl groups is 2. The summed E-state index contributed by atoms with van der Waals surface area (Å²) in [6, 6.07) is 0.155. The van der Waals surface area contributed by atoms with Crippen LogP contribution in [0.2, 0.25) is 0 Å². The highest BCUT2D eigenvalue weighted by molar-refractivity contribution is 5.13. The van der Waals surface area contributed by atoms with E-state index in [4.69, 9.17) is 10.2 Å². The molecule has 5 rings (SSSR count). The van der Waals surface area contributed by atoms with E-state index in [0.717, 1.165) is 38.5 Å². The standard InChI is InChI=1S/C27H45N3O3/c1-5-17-21-14-16(31)10-12-27(21,4)20-11-13-26(3)18(7-8-19(26)23(20)24(17)32)15(2)6-9-22-29-30-25(28)33-22/h15-21,23-24,31-32H,5-14H2,1-4H3,(H2,28,30)/t15-,16-,17-,18?,19+,20+,21?,23?,24-,26?,27?/m1/s1. The maximum Gasteiger partial charge on any atom is 0.312 e. The van der Waals surface area contributed by atoms with Crippen LogP contribution in [0.1, 0.15) is 91.4 Å². The Bertz CT molecular complexity index is 844. The molecule has 6 heteroatoms. The second-order valence-corrected chi connectivity index (χ2v) is 12.7. The molecular weight excluding hydrogens is 414 g/mol. The van der Waals surface area contributed by atoms with E-state index in [9.17, 15) is 10.2 Å². The minimum atomic E-state index is -0.219. The Kier molecular flexibility index (Phi) is 6.09. The molecule has 33 heavy (non-hydrogen) atoms. The summed E-state index contributed by atoms with van der Waals surface area (Å²) in [6.07, 6.45) is 10.4. The topological polar surface area (TPSA) is 105 Å². The average molecular weight is 460 g/mol. The summed E-state index contributed by atoms with van der Waals surface area (Å²) >= 11 is 0. The highest BCUT2D eigenvalue weighted by Gasteiger charge is 2.64. The Morgan fingerprint density at radius 2 is 1.76 bits per heavy atom. The van der Waals surface area contributed by atoms with E-state index in [1.807, 2.05) is 0 Å². The molecule has 0 aromatic carbocycles. The molecule has 0 spiro atoms. The fraction of sp³-hybridized carbons (Fsp3) is 0.926. The lowest BCUT2D eigenvalue weighted by Gasteiger charge is -2.64. The zero-order chi connectivity index (χ0) is 23.5. The van der Waals surface area contributed by atoms with E-state index in [1.165, 1.54) is 25.7 Å². The van der Waals surface area contributed by atoms with Crippen molar-refractivity contribution in [3.05, 3.63) is 5.89 Å². The third-order valence-corrected chi connectivity index (χ3v) is 11.4. The van der Waals surface area contributed by atoms with Gasteiger partial charge in [0, 0.05) is 6.42 Å². The molecule has 1 aromatic rings. The molecule has 0 bridgehead atoms. The van der Waals surface area contributed by atoms with Crippen molar-refractivity contribution in [3.63, 3.8) is 0 Å². The van der Waals surface area contributed by atoms with Gasteiger partial charge in [0.1, 0.15) is 0 Å². The quantitative estimate of drug-likeness (QED) is 0.581. The van der Waals surface area contributed by atoms with Crippen molar-refractivity contribution >= 4 is 6.01 Å². The molecule has 6 nitrogen and oxygen atoms in total. The molecule has 0 saturated heterocycles. The number of hydrogen-bond acceptors (Lipinski definition) is 6. The summed E-state index contributed by atoms with van der Waals surface area (Å²) < 4.78 is 5.41. The molecule has 1 aromatic heterocycles. The van der Waals surface area contributed by atoms with Crippen LogP contribution in [0.3, 0.4) is 0 Å². The van der Waals surface area contributed by atoms with E-state index < -0.39 is 0 Å². The highest BCUT2D eigenvalue weighted by Crippen LogP contribution is 2.69. The fourth-order valence-electron chi connectivity index (χ4n) is 9.85. The first-order valence-electron chi connectivity index (χ1n) is 13.6. The van der Waals surface area contributed by atoms with Crippen molar-refractivity contribution in [3.8, 4) is 0 Å². The first-order chi connectivity index (χ1) is 15.7. The SMILES string of the molecule is CC[C@@H]1C2C[C@H](O)CCC2(C)[C@H]2CCC3(C)C([C@H](C)CCc4nnc(N)o4)CC[C@H]3C2[C@@H]1O. The van der Waals surface area contributed by atoms with Gasteiger partial charge in [-0.25, -0.2) is 0 Å². The third kappa shape index (κ3) is 3.65. The number of anilines is 1. The molecule has 4 saturated carbocycles. The van der Waals surface area contributed by atoms with Crippen LogP contribution in [0.15, 0.2) is 4.42 Å². The second kappa shape index (κ2) is 8.51. The molecule has 0 amide bonds. The van der Waals surface area contributed by atoms with E-state index in [2.05, 4.69) is 37.9 Å². The Balaban J connectivity index is 1.37. The molecule has 4 aliphatic carbocycles. The lowest BCUT2D eigenvalue weighted by atomic mass is 9.41. The van der Waals surface area contributed by atoms with Gasteiger partial charge in [0.25, 0.3) is 0 Å². The monoisotopic (exact) mass is 459 g/mol. The van der Waals surface area contributed by atoms with Gasteiger partial charge < -0.3 is 20.4 Å². The van der Waals surface area contributed by atoms with Gasteiger partial charge >= 0.3 is 6.01 Å². The highest BCUT2D eigenvalue weighted by atomic mass is 16.4. The normalized spacial score (nSPS) is 48.1. The van der Waals surface area contributed by atoms with Gasteiger partial charge in [0.15, 0.2) is 0 Å². The number of fused-ring (bicyclic) bond motifs is 5. The molecule has 0 radical (unpaired) electrons. The van der Waals surface area contributed by atoms with Gasteiger partial charge in [-0.15, -0.1) is 5.10 Å². The number of nitrogens with two attached hydrogens (primary N) is 1. The van der Waals surface area contributed by atoms with Gasteiger partial charge in [-0.1, -0.05) is 39.2 Å². The molecular formula is C27H45N3O3. The molecule has 186 valence electrons. The lowest BCUT2D eigenvalue weighted by molar-refractivity contribution is -0.203. The number of nitrogen functional groups attached to an aromatic ring is 1. The lowest BCUT2D eigenvalue weighted by Crippen LogP contribution is -2.62. The minimum Gasteiger partial charge on any atom is -0.408 e. The first kappa shape index (κ1) is 23.6. The Hall–Kier alpha value is -1.14. The van der Waals surface area contributed by atoms with E-state index >= 15 is 0 Å². The Morgan fingerprint density at radius 1 is 1.03 bits per heavy atom. The van der Waals surface area contributed by atoms with Crippen LogP contribution in [0.5, 0.6) is 0 Å². The fourth-order valence-corrected chi connectivity index (χ4v) is 9.85. The van der Waals surface area contributed by atoms with Crippen LogP contribution in [0, 0.1) is 52.3 Å². The van der Waals surface area contributed by atoms with Crippen LogP contribution in [-0.4, -0.2) is 32.6 Å². The van der Waals surface area contributed by atoms with E-state index in [-0.39, 0.29) is 23.6 Å². The summed E-state index contributed by atoms with van der Waals surface area (Å²) in [6.45, 7) is 9.71. The Labute approximate surface area is 199 Å². The maximum atomic E-state index is 11.8. The summed E-state index contributed by atoms with van der Waals surface area (Å²) in [5, 5.41) is 30.2. The number of aryl methyl sites for hydroxylation is 1. The van der Waals surface area contributed by atoms with Crippen molar-refractivity contribution < 1.29 is 14.6 Å². The molecule has 1 heterocycles. The third-order valence-electron chi connectivity index (χ3n) is 11.4. The van der Waals surface area contributed by atoms with Crippen molar-refractivity contribution in [1.29, 1.82) is 0 Å². The predicted octanol–water partition coefficient (Wildman–Crippen LogP) is 4.85. The molecule has 4 aliphatic rings. The van der Waals surface area contributed by atoms with Crippen LogP contribution in [0.4, 0.5) is 6.01 Å². The van der Waals surface area contributed by atoms with Crippen molar-refractivity contribution in [1.82, 2.24) is 10.2 Å². The zero-order valence-electron chi connectivity index (χ0n) is 21.0. The van der Waals surface area contributed by atoms with Gasteiger partial charge in [-0.2, -0.15) is 0 Å². The zero-order valence-corrected chi connectivity index (χ0v) is 21.0. The smallest absolute Gasteiger partial charge is 0.312 e. The second-order valence-electron chi connectivity index (χ2n) is 12.7. The predicted molar refractivity (Wildman–Crippen MR) is 128 cm³/mol. The molecule has 0 aliphatic heterocycles. The number of aliphatic hydroxyl groups excluding tert-OH is 2. The molecule has 11 atom stereocenters. The average Bonchev–Trinajstić information content (AvgIpc) is 3.36. The maximum absolute atomic E-state index is 11.8. The summed E-state index contributed by atoms with van der Waals surface area (Å²) in [5.41, 5.74) is 6.17. The molecule has 4 fully saturated rings. The van der Waals surface area contributed by atoms with Gasteiger partial charge in [-0.05, 0) is 104 Å². The van der Waals surface area contributed by atoms with Crippen LogP contribution in [0.25, 0.3) is 0 Å². The number of hydrogen-bond donors (Lipinski definition) is 3. The van der Waals surface area contributed by atoms with Crippen LogP contribution >= 0.6 is 0 Å². The van der Waals surface area contributed by atoms with Gasteiger partial charge in [-0.3, -0.25) is 0 Å². The van der Waals surface area contributed by atoms with E-state index in [0.29, 0.717) is 52.7 Å². The summed E-state index contributed by atoms with van der Waals surface area (Å²) in [5.74, 6) is 4.32. The van der Waals surface area contributed by atoms with Crippen LogP contribution < -0.4 is 5.73 Å². The van der Waals surface area contributed by atoms with Crippen LogP contribution in [-0.2, 0) is 6.42 Å². The number of aromatic nitrogens is 2. The summed E-state index contributed by atoms with van der Waals surface area (Å²) in [4.78, 5) is 0. The molecule has 5 unspecified atom stereocenters. The largest absolute Gasteiger partial charge is 0.408 e. The van der Waals surface area contributed by atoms with E-state index in [1.54, 1.807) is 0 Å². The van der Waals surface area contributed by atoms with Gasteiger partial charge in [0.2, 0.25) is 5.89 Å². The number of nitrogens with zero attached hydrogens (tertiary/aromatic N) is 2. The Morgan fingerprint density at radius 3 is 2.45 bits per heavy atom. The molecule has 4 N–H and O–H groups in total. The van der Waals surface area contributed by atoms with Crippen molar-refractivity contribution in [2.24, 2.45) is 52.3 Å². The number of rotatable bonds is 5. The van der Waals surface area contributed by atoms with Crippen molar-refractivity contribution in [2.75, 3.05) is 5.73 Å². The van der Waals surface area contributed by atoms with Crippen molar-refractivity contribution in [2.45, 2.75) is 104 Å². The minimum absolute atomic E-state index is 0.155. The first-order valence-corrected chi connectivity index (χ1v) is 13.6. The summed E-state index contributed by atoms with van der Waals surface area (Å²) in [7, 11) is 0. The van der Waals surface area contributed by atoms with Gasteiger partial charge in [0.05, 0.1) is 12.2 Å².